The van der Waals surface area contributed by atoms with Crippen LogP contribution in [-0.2, 0) is 9.53 Å². The first kappa shape index (κ1) is 12.7. The second-order valence-corrected chi connectivity index (χ2v) is 4.40. The normalized spacial score (nSPS) is 14.9. The molecule has 1 heterocycles. The van der Waals surface area contributed by atoms with Crippen molar-refractivity contribution in [1.29, 1.82) is 0 Å². The van der Waals surface area contributed by atoms with Crippen molar-refractivity contribution in [3.63, 3.8) is 0 Å². The molecule has 4 heteroatoms. The highest BCUT2D eigenvalue weighted by molar-refractivity contribution is 5.72. The van der Waals surface area contributed by atoms with Gasteiger partial charge in [0.05, 0.1) is 13.0 Å². The quantitative estimate of drug-likeness (QED) is 0.737. The first-order valence-corrected chi connectivity index (χ1v) is 5.59. The van der Waals surface area contributed by atoms with E-state index in [9.17, 15) is 4.79 Å². The van der Waals surface area contributed by atoms with Crippen LogP contribution >= 0.6 is 0 Å². The Bertz CT molecular complexity index is 358. The standard InChI is InChI=1S/C12H20N2O2/c1-8(2)11-13-6-7-14(11)10(4)9(3)12(15)16-5/h6-10H,1-5H3. The Morgan fingerprint density at radius 2 is 2.00 bits per heavy atom. The molecule has 0 spiro atoms. The van der Waals surface area contributed by atoms with E-state index in [4.69, 9.17) is 4.74 Å². The van der Waals surface area contributed by atoms with E-state index in [1.165, 1.54) is 7.11 Å². The fourth-order valence-electron chi connectivity index (χ4n) is 1.74. The van der Waals surface area contributed by atoms with Gasteiger partial charge in [-0.25, -0.2) is 4.98 Å². The van der Waals surface area contributed by atoms with Crippen molar-refractivity contribution in [2.75, 3.05) is 7.11 Å². The third kappa shape index (κ3) is 2.43. The molecule has 1 aromatic heterocycles. The van der Waals surface area contributed by atoms with Crippen LogP contribution in [0.25, 0.3) is 0 Å². The number of nitrogens with zero attached hydrogens (tertiary/aromatic N) is 2. The molecule has 16 heavy (non-hydrogen) atoms. The number of rotatable bonds is 4. The Kier molecular flexibility index (Phi) is 4.10. The highest BCUT2D eigenvalue weighted by Crippen LogP contribution is 2.23. The van der Waals surface area contributed by atoms with Gasteiger partial charge in [0.15, 0.2) is 0 Å². The van der Waals surface area contributed by atoms with E-state index in [1.54, 1.807) is 6.20 Å². The van der Waals surface area contributed by atoms with Gasteiger partial charge in [-0.1, -0.05) is 13.8 Å². The summed E-state index contributed by atoms with van der Waals surface area (Å²) in [6, 6.07) is 0.0624. The van der Waals surface area contributed by atoms with E-state index in [2.05, 4.69) is 18.8 Å². The Morgan fingerprint density at radius 3 is 2.50 bits per heavy atom. The van der Waals surface area contributed by atoms with Crippen molar-refractivity contribution < 1.29 is 9.53 Å². The first-order valence-electron chi connectivity index (χ1n) is 5.59. The van der Waals surface area contributed by atoms with Crippen molar-refractivity contribution in [3.8, 4) is 0 Å². The molecule has 0 aliphatic carbocycles. The molecular weight excluding hydrogens is 204 g/mol. The molecule has 0 amide bonds. The molecule has 0 aromatic carbocycles. The monoisotopic (exact) mass is 224 g/mol. The van der Waals surface area contributed by atoms with Crippen LogP contribution < -0.4 is 0 Å². The molecule has 0 saturated heterocycles. The lowest BCUT2D eigenvalue weighted by atomic mass is 10.0. The number of ether oxygens (including phenoxy) is 1. The third-order valence-electron chi connectivity index (χ3n) is 2.95. The highest BCUT2D eigenvalue weighted by Gasteiger charge is 2.24. The van der Waals surface area contributed by atoms with Crippen molar-refractivity contribution in [1.82, 2.24) is 9.55 Å². The number of methoxy groups -OCH3 is 1. The summed E-state index contributed by atoms with van der Waals surface area (Å²) in [4.78, 5) is 15.8. The summed E-state index contributed by atoms with van der Waals surface area (Å²) in [5.41, 5.74) is 0. The summed E-state index contributed by atoms with van der Waals surface area (Å²) in [6.45, 7) is 8.07. The topological polar surface area (TPSA) is 44.1 Å². The highest BCUT2D eigenvalue weighted by atomic mass is 16.5. The average molecular weight is 224 g/mol. The third-order valence-corrected chi connectivity index (χ3v) is 2.95. The lowest BCUT2D eigenvalue weighted by molar-refractivity contribution is -0.146. The number of esters is 1. The van der Waals surface area contributed by atoms with Crippen molar-refractivity contribution >= 4 is 5.97 Å². The van der Waals surface area contributed by atoms with Crippen LogP contribution in [0.15, 0.2) is 12.4 Å². The summed E-state index contributed by atoms with van der Waals surface area (Å²) >= 11 is 0. The molecular formula is C12H20N2O2. The van der Waals surface area contributed by atoms with E-state index in [0.29, 0.717) is 5.92 Å². The second-order valence-electron chi connectivity index (χ2n) is 4.40. The van der Waals surface area contributed by atoms with Crippen LogP contribution in [0.1, 0.15) is 45.5 Å². The molecule has 0 N–H and O–H groups in total. The lowest BCUT2D eigenvalue weighted by Crippen LogP contribution is -2.24. The van der Waals surface area contributed by atoms with Crippen molar-refractivity contribution in [2.24, 2.45) is 5.92 Å². The molecule has 1 aromatic rings. The smallest absolute Gasteiger partial charge is 0.310 e. The predicted molar refractivity (Wildman–Crippen MR) is 62.2 cm³/mol. The Hall–Kier alpha value is -1.32. The molecule has 0 aliphatic heterocycles. The molecule has 0 saturated carbocycles. The van der Waals surface area contributed by atoms with Crippen LogP contribution in [0.4, 0.5) is 0 Å². The zero-order valence-corrected chi connectivity index (χ0v) is 10.6. The molecule has 0 radical (unpaired) electrons. The Labute approximate surface area is 96.6 Å². The van der Waals surface area contributed by atoms with Gasteiger partial charge < -0.3 is 9.30 Å². The molecule has 4 nitrogen and oxygen atoms in total. The summed E-state index contributed by atoms with van der Waals surface area (Å²) in [5, 5.41) is 0. The number of carbonyl (C=O) groups excluding carboxylic acids is 1. The van der Waals surface area contributed by atoms with Gasteiger partial charge in [-0.15, -0.1) is 0 Å². The second kappa shape index (κ2) is 5.14. The molecule has 2 atom stereocenters. The minimum atomic E-state index is -0.184. The summed E-state index contributed by atoms with van der Waals surface area (Å²) in [7, 11) is 1.42. The minimum Gasteiger partial charge on any atom is -0.469 e. The average Bonchev–Trinajstić information content (AvgIpc) is 2.74. The Morgan fingerprint density at radius 1 is 1.38 bits per heavy atom. The predicted octanol–water partition coefficient (Wildman–Crippen LogP) is 2.38. The maximum absolute atomic E-state index is 11.5. The van der Waals surface area contributed by atoms with Gasteiger partial charge in [0.25, 0.3) is 0 Å². The largest absolute Gasteiger partial charge is 0.469 e. The van der Waals surface area contributed by atoms with Crippen LogP contribution in [-0.4, -0.2) is 22.6 Å². The van der Waals surface area contributed by atoms with Crippen LogP contribution in [0.5, 0.6) is 0 Å². The maximum atomic E-state index is 11.5. The van der Waals surface area contributed by atoms with Gasteiger partial charge in [-0.05, 0) is 13.8 Å². The van der Waals surface area contributed by atoms with E-state index in [-0.39, 0.29) is 17.9 Å². The van der Waals surface area contributed by atoms with Gasteiger partial charge in [0, 0.05) is 24.4 Å². The Balaban J connectivity index is 2.91. The first-order chi connectivity index (χ1) is 7.49. The fraction of sp³-hybridized carbons (Fsp3) is 0.667. The number of carbonyl (C=O) groups is 1. The summed E-state index contributed by atoms with van der Waals surface area (Å²) in [5.74, 6) is 0.998. The van der Waals surface area contributed by atoms with Crippen molar-refractivity contribution in [2.45, 2.75) is 39.7 Å². The maximum Gasteiger partial charge on any atom is 0.310 e. The van der Waals surface area contributed by atoms with E-state index < -0.39 is 0 Å². The molecule has 0 bridgehead atoms. The minimum absolute atomic E-state index is 0.0624. The van der Waals surface area contributed by atoms with Crippen molar-refractivity contribution in [3.05, 3.63) is 18.2 Å². The molecule has 1 rings (SSSR count). The van der Waals surface area contributed by atoms with Gasteiger partial charge in [0.2, 0.25) is 0 Å². The van der Waals surface area contributed by atoms with Gasteiger partial charge >= 0.3 is 5.97 Å². The van der Waals surface area contributed by atoms with E-state index >= 15 is 0 Å². The fourth-order valence-corrected chi connectivity index (χ4v) is 1.74. The van der Waals surface area contributed by atoms with Crippen LogP contribution in [0, 0.1) is 5.92 Å². The zero-order valence-electron chi connectivity index (χ0n) is 10.6. The van der Waals surface area contributed by atoms with Crippen LogP contribution in [0.2, 0.25) is 0 Å². The molecule has 0 aliphatic rings. The number of imidazole rings is 1. The zero-order chi connectivity index (χ0) is 12.3. The van der Waals surface area contributed by atoms with E-state index in [0.717, 1.165) is 5.82 Å². The number of aromatic nitrogens is 2. The summed E-state index contributed by atoms with van der Waals surface area (Å²) in [6.07, 6.45) is 3.69. The molecule has 0 fully saturated rings. The molecule has 90 valence electrons. The SMILES string of the molecule is COC(=O)C(C)C(C)n1ccnc1C(C)C. The summed E-state index contributed by atoms with van der Waals surface area (Å²) < 4.78 is 6.81. The van der Waals surface area contributed by atoms with Crippen LogP contribution in [0.3, 0.4) is 0 Å². The molecule has 2 unspecified atom stereocenters. The lowest BCUT2D eigenvalue weighted by Gasteiger charge is -2.22. The van der Waals surface area contributed by atoms with Gasteiger partial charge in [-0.2, -0.15) is 0 Å². The number of hydrogen-bond acceptors (Lipinski definition) is 3. The number of hydrogen-bond donors (Lipinski definition) is 0. The van der Waals surface area contributed by atoms with Gasteiger partial charge in [0.1, 0.15) is 5.82 Å². The van der Waals surface area contributed by atoms with Gasteiger partial charge in [-0.3, -0.25) is 4.79 Å². The van der Waals surface area contributed by atoms with E-state index in [1.807, 2.05) is 24.6 Å².